The highest BCUT2D eigenvalue weighted by atomic mass is 35.5. The molecule has 0 aromatic heterocycles. The molecular formula is C14H17ClN2O3. The van der Waals surface area contributed by atoms with Crippen LogP contribution in [0.15, 0.2) is 18.2 Å². The number of carbonyl (C=O) groups excluding carboxylic acids is 1. The van der Waals surface area contributed by atoms with Gasteiger partial charge in [0.15, 0.2) is 0 Å². The van der Waals surface area contributed by atoms with Gasteiger partial charge in [0.1, 0.15) is 0 Å². The van der Waals surface area contributed by atoms with Crippen LogP contribution in [-0.2, 0) is 11.2 Å². The topological polar surface area (TPSA) is 63.5 Å². The van der Waals surface area contributed by atoms with Crippen LogP contribution in [0.4, 0.5) is 11.4 Å². The maximum Gasteiger partial charge on any atom is 0.269 e. The van der Waals surface area contributed by atoms with E-state index in [9.17, 15) is 14.9 Å². The summed E-state index contributed by atoms with van der Waals surface area (Å²) in [6, 6.07) is 4.71. The number of rotatable bonds is 4. The number of nitro groups is 1. The number of amides is 1. The van der Waals surface area contributed by atoms with Crippen LogP contribution in [0.3, 0.4) is 0 Å². The Morgan fingerprint density at radius 3 is 2.85 bits per heavy atom. The average Bonchev–Trinajstić information content (AvgIpc) is 2.58. The highest BCUT2D eigenvalue weighted by molar-refractivity contribution is 6.18. The van der Waals surface area contributed by atoms with Crippen molar-refractivity contribution in [3.05, 3.63) is 33.9 Å². The number of benzene rings is 1. The average molecular weight is 297 g/mol. The Bertz CT molecular complexity index is 533. The van der Waals surface area contributed by atoms with Gasteiger partial charge in [-0.3, -0.25) is 14.9 Å². The van der Waals surface area contributed by atoms with Crippen LogP contribution in [0, 0.1) is 16.0 Å². The Labute approximate surface area is 122 Å². The number of fused-ring (bicyclic) bond motifs is 1. The number of anilines is 1. The summed E-state index contributed by atoms with van der Waals surface area (Å²) < 4.78 is 0. The number of halogens is 1. The van der Waals surface area contributed by atoms with Gasteiger partial charge in [0, 0.05) is 36.7 Å². The molecule has 0 aliphatic carbocycles. The van der Waals surface area contributed by atoms with E-state index < -0.39 is 4.92 Å². The third-order valence-corrected chi connectivity index (χ3v) is 3.99. The van der Waals surface area contributed by atoms with Gasteiger partial charge in [0.05, 0.1) is 4.92 Å². The zero-order valence-corrected chi connectivity index (χ0v) is 12.1. The number of hydrogen-bond donors (Lipinski definition) is 0. The van der Waals surface area contributed by atoms with Crippen LogP contribution in [-0.4, -0.2) is 23.3 Å². The van der Waals surface area contributed by atoms with Crippen LogP contribution in [0.25, 0.3) is 0 Å². The van der Waals surface area contributed by atoms with E-state index in [0.717, 1.165) is 17.7 Å². The summed E-state index contributed by atoms with van der Waals surface area (Å²) in [5, 5.41) is 10.9. The van der Waals surface area contributed by atoms with Gasteiger partial charge in [0.2, 0.25) is 5.91 Å². The van der Waals surface area contributed by atoms with E-state index in [4.69, 9.17) is 11.6 Å². The number of non-ortho nitro benzene ring substituents is 1. The third-order valence-electron chi connectivity index (χ3n) is 3.46. The molecule has 1 aromatic carbocycles. The van der Waals surface area contributed by atoms with Crippen molar-refractivity contribution in [1.82, 2.24) is 0 Å². The van der Waals surface area contributed by atoms with Gasteiger partial charge in [-0.15, -0.1) is 11.6 Å². The Morgan fingerprint density at radius 2 is 2.20 bits per heavy atom. The van der Waals surface area contributed by atoms with Gasteiger partial charge in [-0.25, -0.2) is 0 Å². The lowest BCUT2D eigenvalue weighted by Gasteiger charge is -2.25. The zero-order chi connectivity index (χ0) is 14.7. The van der Waals surface area contributed by atoms with Gasteiger partial charge in [-0.2, -0.15) is 0 Å². The fraction of sp³-hybridized carbons (Fsp3) is 0.500. The van der Waals surface area contributed by atoms with Crippen LogP contribution in [0.5, 0.6) is 0 Å². The first-order valence-corrected chi connectivity index (χ1v) is 7.20. The molecule has 0 saturated heterocycles. The molecule has 0 spiro atoms. The molecule has 2 rings (SSSR count). The first-order chi connectivity index (χ1) is 9.52. The van der Waals surface area contributed by atoms with Crippen molar-refractivity contribution in [2.75, 3.05) is 17.3 Å². The maximum atomic E-state index is 12.2. The van der Waals surface area contributed by atoms with Crippen molar-refractivity contribution < 1.29 is 9.72 Å². The van der Waals surface area contributed by atoms with Gasteiger partial charge in [-0.1, -0.05) is 6.92 Å². The molecule has 1 amide bonds. The smallest absolute Gasteiger partial charge is 0.269 e. The fourth-order valence-electron chi connectivity index (χ4n) is 2.41. The third kappa shape index (κ3) is 3.10. The van der Waals surface area contributed by atoms with Crippen molar-refractivity contribution in [2.24, 2.45) is 5.92 Å². The van der Waals surface area contributed by atoms with Crippen LogP contribution < -0.4 is 4.90 Å². The quantitative estimate of drug-likeness (QED) is 0.487. The van der Waals surface area contributed by atoms with Crippen LogP contribution >= 0.6 is 11.6 Å². The summed E-state index contributed by atoms with van der Waals surface area (Å²) in [6.07, 6.45) is 1.88. The summed E-state index contributed by atoms with van der Waals surface area (Å²) in [7, 11) is 0. The van der Waals surface area contributed by atoms with Gasteiger partial charge >= 0.3 is 0 Å². The second kappa shape index (κ2) is 6.22. The highest BCUT2D eigenvalue weighted by Crippen LogP contribution is 2.31. The predicted molar refractivity (Wildman–Crippen MR) is 78.3 cm³/mol. The first-order valence-electron chi connectivity index (χ1n) is 6.66. The van der Waals surface area contributed by atoms with Crippen molar-refractivity contribution >= 4 is 28.9 Å². The Kier molecular flexibility index (Phi) is 4.60. The monoisotopic (exact) mass is 296 g/mol. The molecule has 0 bridgehead atoms. The minimum Gasteiger partial charge on any atom is -0.312 e. The fourth-order valence-corrected chi connectivity index (χ4v) is 2.51. The minimum absolute atomic E-state index is 0.0644. The van der Waals surface area contributed by atoms with Crippen molar-refractivity contribution in [3.8, 4) is 0 Å². The number of alkyl halides is 1. The minimum atomic E-state index is -0.404. The van der Waals surface area contributed by atoms with E-state index in [2.05, 4.69) is 0 Å². The van der Waals surface area contributed by atoms with Crippen molar-refractivity contribution in [3.63, 3.8) is 0 Å². The normalized spacial score (nSPS) is 16.5. The summed E-state index contributed by atoms with van der Waals surface area (Å²) in [4.78, 5) is 24.4. The summed E-state index contributed by atoms with van der Waals surface area (Å²) >= 11 is 5.83. The molecule has 5 nitrogen and oxygen atoms in total. The number of hydrogen-bond acceptors (Lipinski definition) is 3. The second-order valence-corrected chi connectivity index (χ2v) is 5.50. The number of nitrogens with zero attached hydrogens (tertiary/aromatic N) is 2. The molecule has 0 saturated carbocycles. The molecule has 108 valence electrons. The predicted octanol–water partition coefficient (Wildman–Crippen LogP) is 3.14. The number of nitro benzene ring substituents is 1. The Balaban J connectivity index is 2.38. The molecule has 1 aromatic rings. The van der Waals surface area contributed by atoms with Gasteiger partial charge < -0.3 is 4.90 Å². The molecule has 1 unspecified atom stereocenters. The van der Waals surface area contributed by atoms with E-state index in [1.54, 1.807) is 17.0 Å². The molecule has 1 atom stereocenters. The molecular weight excluding hydrogens is 280 g/mol. The molecule has 1 aliphatic heterocycles. The van der Waals surface area contributed by atoms with E-state index in [-0.39, 0.29) is 17.5 Å². The largest absolute Gasteiger partial charge is 0.312 e. The maximum absolute atomic E-state index is 12.2. The van der Waals surface area contributed by atoms with Gasteiger partial charge in [-0.05, 0) is 30.4 Å². The first kappa shape index (κ1) is 14.8. The summed E-state index contributed by atoms with van der Waals surface area (Å²) in [5.74, 6) is 0.725. The van der Waals surface area contributed by atoms with E-state index in [1.807, 2.05) is 6.92 Å². The standard InChI is InChI=1S/C14H17ClN2O3/c1-10(8-15)9-16-13-6-5-12(17(19)20)7-11(13)3-2-4-14(16)18/h5-7,10H,2-4,8-9H2,1H3. The zero-order valence-electron chi connectivity index (χ0n) is 11.3. The summed E-state index contributed by atoms with van der Waals surface area (Å²) in [5.41, 5.74) is 1.73. The molecule has 0 N–H and O–H groups in total. The molecule has 0 radical (unpaired) electrons. The van der Waals surface area contributed by atoms with Crippen molar-refractivity contribution in [2.45, 2.75) is 26.2 Å². The Hall–Kier alpha value is -1.62. The SMILES string of the molecule is CC(CCl)CN1C(=O)CCCc2cc([N+](=O)[O-])ccc21. The summed E-state index contributed by atoms with van der Waals surface area (Å²) in [6.45, 7) is 2.53. The number of aryl methyl sites for hydroxylation is 1. The van der Waals surface area contributed by atoms with Gasteiger partial charge in [0.25, 0.3) is 5.69 Å². The molecule has 0 fully saturated rings. The lowest BCUT2D eigenvalue weighted by atomic mass is 10.1. The van der Waals surface area contributed by atoms with Crippen LogP contribution in [0.2, 0.25) is 0 Å². The highest BCUT2D eigenvalue weighted by Gasteiger charge is 2.25. The number of carbonyl (C=O) groups is 1. The lowest BCUT2D eigenvalue weighted by Crippen LogP contribution is -2.34. The lowest BCUT2D eigenvalue weighted by molar-refractivity contribution is -0.384. The Morgan fingerprint density at radius 1 is 1.45 bits per heavy atom. The second-order valence-electron chi connectivity index (χ2n) is 5.19. The molecule has 1 heterocycles. The van der Waals surface area contributed by atoms with E-state index in [0.29, 0.717) is 25.3 Å². The van der Waals surface area contributed by atoms with E-state index in [1.165, 1.54) is 6.07 Å². The van der Waals surface area contributed by atoms with Crippen molar-refractivity contribution in [1.29, 1.82) is 0 Å². The molecule has 20 heavy (non-hydrogen) atoms. The van der Waals surface area contributed by atoms with E-state index >= 15 is 0 Å². The van der Waals surface area contributed by atoms with Crippen LogP contribution in [0.1, 0.15) is 25.3 Å². The molecule has 6 heteroatoms. The molecule has 1 aliphatic rings.